The first kappa shape index (κ1) is 45.0. The summed E-state index contributed by atoms with van der Waals surface area (Å²) >= 11 is 0. The molecule has 0 aromatic rings. The molecule has 0 spiro atoms. The van der Waals surface area contributed by atoms with Crippen molar-refractivity contribution >= 4 is 11.7 Å². The molecule has 0 aromatic heterocycles. The van der Waals surface area contributed by atoms with Gasteiger partial charge in [0.15, 0.2) is 0 Å². The molecule has 0 heterocycles. The first-order valence-electron chi connectivity index (χ1n) is 7.66. The lowest BCUT2D eigenvalue weighted by atomic mass is 10.2. The van der Waals surface area contributed by atoms with E-state index >= 15 is 0 Å². The lowest BCUT2D eigenvalue weighted by Crippen LogP contribution is -2.31. The van der Waals surface area contributed by atoms with Crippen LogP contribution in [0.25, 0.3) is 0 Å². The van der Waals surface area contributed by atoms with Crippen LogP contribution in [0.2, 0.25) is 0 Å². The Morgan fingerprint density at radius 2 is 1.22 bits per heavy atom. The van der Waals surface area contributed by atoms with Gasteiger partial charge in [-0.05, 0) is 32.6 Å². The predicted octanol–water partition coefficient (Wildman–Crippen LogP) is 3.68. The van der Waals surface area contributed by atoms with Crippen LogP contribution in [0, 0.1) is 0 Å². The topological polar surface area (TPSA) is 105 Å². The van der Waals surface area contributed by atoms with Gasteiger partial charge in [0.2, 0.25) is 5.91 Å². The van der Waals surface area contributed by atoms with Crippen LogP contribution in [-0.4, -0.2) is 63.4 Å². The van der Waals surface area contributed by atoms with E-state index in [0.29, 0.717) is 19.8 Å². The summed E-state index contributed by atoms with van der Waals surface area (Å²) < 4.78 is 15.9. The lowest BCUT2D eigenvalue weighted by molar-refractivity contribution is -0.128. The van der Waals surface area contributed by atoms with Gasteiger partial charge in [0.25, 0.3) is 0 Å². The van der Waals surface area contributed by atoms with Crippen molar-refractivity contribution in [2.75, 3.05) is 46.2 Å². The smallest absolute Gasteiger partial charge is 0.246 e. The zero-order chi connectivity index (χ0) is 15.8. The number of hydrogen-bond donors (Lipinski definition) is 1. The Hall–Kier alpha value is -1.02. The standard InChI is InChI=1S/C15H29NO5.5CH4.H2O/c1-3-7-19-8-5-4-6-9-20-10-11-21-13-15(18)16-12-14(2)17;;;;;;/h3-13H2,1-2H3,(H,16,18);5*1H4;1H2. The van der Waals surface area contributed by atoms with Crippen LogP contribution < -0.4 is 5.32 Å². The number of carbonyl (C=O) groups is 2. The molecule has 0 saturated carbocycles. The Balaban J connectivity index is -0.000000133. The maximum Gasteiger partial charge on any atom is 0.246 e. The predicted molar refractivity (Wildman–Crippen MR) is 118 cm³/mol. The largest absolute Gasteiger partial charge is 0.412 e. The first-order chi connectivity index (χ1) is 10.2. The number of ether oxygens (including phenoxy) is 3. The van der Waals surface area contributed by atoms with Gasteiger partial charge < -0.3 is 25.0 Å². The molecule has 7 nitrogen and oxygen atoms in total. The number of hydrogen-bond acceptors (Lipinski definition) is 5. The highest BCUT2D eigenvalue weighted by atomic mass is 16.5. The Morgan fingerprint density at radius 1 is 0.741 bits per heavy atom. The van der Waals surface area contributed by atoms with E-state index in [2.05, 4.69) is 12.2 Å². The quantitative estimate of drug-likeness (QED) is 0.421. The molecule has 3 N–H and O–H groups in total. The van der Waals surface area contributed by atoms with Crippen LogP contribution in [-0.2, 0) is 23.8 Å². The highest BCUT2D eigenvalue weighted by Gasteiger charge is 2.01. The molecular formula is C20H51NO6. The Bertz CT molecular complexity index is 275. The molecule has 0 aliphatic carbocycles. The highest BCUT2D eigenvalue weighted by molar-refractivity contribution is 5.84. The molecular weight excluding hydrogens is 350 g/mol. The van der Waals surface area contributed by atoms with Crippen molar-refractivity contribution in [1.82, 2.24) is 5.32 Å². The fourth-order valence-electron chi connectivity index (χ4n) is 1.49. The second-order valence-corrected chi connectivity index (χ2v) is 4.82. The monoisotopic (exact) mass is 401 g/mol. The SMILES string of the molecule is C.C.C.C.C.CCCOCCCCCOCCOCC(=O)NCC(C)=O.O. The van der Waals surface area contributed by atoms with E-state index in [0.717, 1.165) is 38.9 Å². The molecule has 0 unspecified atom stereocenters. The maximum atomic E-state index is 11.2. The summed E-state index contributed by atoms with van der Waals surface area (Å²) in [5.74, 6) is -0.357. The van der Waals surface area contributed by atoms with Crippen molar-refractivity contribution in [2.24, 2.45) is 0 Å². The number of carbonyl (C=O) groups excluding carboxylic acids is 2. The minimum atomic E-state index is -0.280. The van der Waals surface area contributed by atoms with Gasteiger partial charge in [0, 0.05) is 19.8 Å². The van der Waals surface area contributed by atoms with E-state index in [1.807, 2.05) is 0 Å². The van der Waals surface area contributed by atoms with E-state index in [1.165, 1.54) is 6.92 Å². The molecule has 0 rings (SSSR count). The zero-order valence-corrected chi connectivity index (χ0v) is 13.8. The maximum absolute atomic E-state index is 11.2. The molecule has 0 saturated heterocycles. The summed E-state index contributed by atoms with van der Waals surface area (Å²) in [6.07, 6.45) is 4.23. The molecule has 0 fully saturated rings. The molecule has 0 atom stereocenters. The van der Waals surface area contributed by atoms with Gasteiger partial charge in [-0.15, -0.1) is 0 Å². The third-order valence-corrected chi connectivity index (χ3v) is 2.57. The van der Waals surface area contributed by atoms with Crippen molar-refractivity contribution < 1.29 is 29.3 Å². The third kappa shape index (κ3) is 40.8. The van der Waals surface area contributed by atoms with E-state index in [-0.39, 0.29) is 67.5 Å². The van der Waals surface area contributed by atoms with E-state index in [9.17, 15) is 9.59 Å². The Labute approximate surface area is 169 Å². The van der Waals surface area contributed by atoms with Crippen molar-refractivity contribution in [3.8, 4) is 0 Å². The number of amides is 1. The van der Waals surface area contributed by atoms with Gasteiger partial charge >= 0.3 is 0 Å². The molecule has 0 aliphatic heterocycles. The summed E-state index contributed by atoms with van der Waals surface area (Å²) in [6.45, 7) is 6.77. The van der Waals surface area contributed by atoms with E-state index in [4.69, 9.17) is 14.2 Å². The summed E-state index contributed by atoms with van der Waals surface area (Å²) in [6, 6.07) is 0. The van der Waals surface area contributed by atoms with Crippen LogP contribution >= 0.6 is 0 Å². The Kier molecular flexibility index (Phi) is 60.0. The normalized spacial score (nSPS) is 8.22. The molecule has 172 valence electrons. The van der Waals surface area contributed by atoms with E-state index < -0.39 is 0 Å². The van der Waals surface area contributed by atoms with Crippen LogP contribution in [0.3, 0.4) is 0 Å². The van der Waals surface area contributed by atoms with Crippen LogP contribution in [0.5, 0.6) is 0 Å². The zero-order valence-electron chi connectivity index (χ0n) is 13.8. The summed E-state index contributed by atoms with van der Waals surface area (Å²) in [7, 11) is 0. The summed E-state index contributed by atoms with van der Waals surface area (Å²) in [5, 5.41) is 2.46. The van der Waals surface area contributed by atoms with Crippen LogP contribution in [0.4, 0.5) is 0 Å². The second-order valence-electron chi connectivity index (χ2n) is 4.82. The number of Topliss-reactive ketones (excluding diaryl/α,β-unsaturated/α-hetero) is 1. The molecule has 0 radical (unpaired) electrons. The average Bonchev–Trinajstić information content (AvgIpc) is 2.46. The van der Waals surface area contributed by atoms with E-state index in [1.54, 1.807) is 0 Å². The number of ketones is 1. The molecule has 0 aliphatic rings. The Morgan fingerprint density at radius 3 is 1.70 bits per heavy atom. The van der Waals surface area contributed by atoms with Crippen molar-refractivity contribution in [1.29, 1.82) is 0 Å². The third-order valence-electron chi connectivity index (χ3n) is 2.57. The second kappa shape index (κ2) is 36.0. The minimum absolute atomic E-state index is 0. The summed E-state index contributed by atoms with van der Waals surface area (Å²) in [5.41, 5.74) is 0. The highest BCUT2D eigenvalue weighted by Crippen LogP contribution is 1.97. The fourth-order valence-corrected chi connectivity index (χ4v) is 1.49. The molecule has 7 heteroatoms. The number of nitrogens with one attached hydrogen (secondary N) is 1. The van der Waals surface area contributed by atoms with Gasteiger partial charge in [0.05, 0.1) is 19.8 Å². The minimum Gasteiger partial charge on any atom is -0.412 e. The average molecular weight is 402 g/mol. The first-order valence-corrected chi connectivity index (χ1v) is 7.66. The van der Waals surface area contributed by atoms with Gasteiger partial charge in [-0.25, -0.2) is 0 Å². The van der Waals surface area contributed by atoms with Gasteiger partial charge in [-0.3, -0.25) is 9.59 Å². The lowest BCUT2D eigenvalue weighted by Gasteiger charge is -2.06. The van der Waals surface area contributed by atoms with Crippen molar-refractivity contribution in [3.05, 3.63) is 0 Å². The molecule has 0 aromatic carbocycles. The van der Waals surface area contributed by atoms with Gasteiger partial charge in [-0.1, -0.05) is 44.1 Å². The van der Waals surface area contributed by atoms with Gasteiger partial charge in [-0.2, -0.15) is 0 Å². The fraction of sp³-hybridized carbons (Fsp3) is 0.900. The molecule has 27 heavy (non-hydrogen) atoms. The van der Waals surface area contributed by atoms with Crippen molar-refractivity contribution in [2.45, 2.75) is 76.7 Å². The van der Waals surface area contributed by atoms with Crippen molar-refractivity contribution in [3.63, 3.8) is 0 Å². The number of rotatable bonds is 15. The molecule has 0 bridgehead atoms. The molecule has 1 amide bonds. The van der Waals surface area contributed by atoms with Crippen LogP contribution in [0.1, 0.15) is 76.7 Å². The van der Waals surface area contributed by atoms with Gasteiger partial charge in [0.1, 0.15) is 12.4 Å². The van der Waals surface area contributed by atoms with Crippen LogP contribution in [0.15, 0.2) is 0 Å². The summed E-state index contributed by atoms with van der Waals surface area (Å²) in [4.78, 5) is 21.8. The number of unbranched alkanes of at least 4 members (excludes halogenated alkanes) is 2.